The third-order valence-electron chi connectivity index (χ3n) is 3.47. The summed E-state index contributed by atoms with van der Waals surface area (Å²) in [7, 11) is 0. The van der Waals surface area contributed by atoms with Crippen molar-refractivity contribution in [3.05, 3.63) is 0 Å². The zero-order valence-electron chi connectivity index (χ0n) is 9.19. The first-order valence-corrected chi connectivity index (χ1v) is 5.74. The van der Waals surface area contributed by atoms with E-state index in [9.17, 15) is 13.2 Å². The molecule has 90 valence electrons. The van der Waals surface area contributed by atoms with Gasteiger partial charge in [-0.2, -0.15) is 13.2 Å². The van der Waals surface area contributed by atoms with Crippen LogP contribution in [0.4, 0.5) is 13.2 Å². The lowest BCUT2D eigenvalue weighted by molar-refractivity contribution is -0.141. The van der Waals surface area contributed by atoms with Crippen LogP contribution in [0.2, 0.25) is 0 Å². The van der Waals surface area contributed by atoms with Gasteiger partial charge in [0, 0.05) is 6.04 Å². The second-order valence-corrected chi connectivity index (χ2v) is 4.68. The van der Waals surface area contributed by atoms with Crippen molar-refractivity contribution in [3.63, 3.8) is 0 Å². The Kier molecular flexibility index (Phi) is 4.44. The van der Waals surface area contributed by atoms with Gasteiger partial charge in [0.1, 0.15) is 0 Å². The minimum atomic E-state index is -4.11. The average molecular weight is 223 g/mol. The van der Waals surface area contributed by atoms with Crippen molar-refractivity contribution in [2.24, 2.45) is 17.6 Å². The second kappa shape index (κ2) is 5.19. The Morgan fingerprint density at radius 1 is 1.33 bits per heavy atom. The number of rotatable bonds is 3. The van der Waals surface area contributed by atoms with Crippen LogP contribution in [0.5, 0.6) is 0 Å². The van der Waals surface area contributed by atoms with Crippen LogP contribution < -0.4 is 5.73 Å². The van der Waals surface area contributed by atoms with Gasteiger partial charge in [0.15, 0.2) is 0 Å². The fourth-order valence-electron chi connectivity index (χ4n) is 2.53. The molecule has 0 amide bonds. The summed E-state index contributed by atoms with van der Waals surface area (Å²) >= 11 is 0. The number of nitrogens with two attached hydrogens (primary N) is 1. The molecule has 0 bridgehead atoms. The molecule has 0 aromatic carbocycles. The monoisotopic (exact) mass is 223 g/mol. The van der Waals surface area contributed by atoms with Gasteiger partial charge in [0.05, 0.1) is 6.42 Å². The topological polar surface area (TPSA) is 26.0 Å². The third kappa shape index (κ3) is 4.41. The SMILES string of the molecule is CCC1CCCC(C(N)CC(F)(F)F)C1. The van der Waals surface area contributed by atoms with Gasteiger partial charge in [-0.3, -0.25) is 0 Å². The number of alkyl halides is 3. The highest BCUT2D eigenvalue weighted by Gasteiger charge is 2.35. The predicted octanol–water partition coefficient (Wildman–Crippen LogP) is 3.48. The van der Waals surface area contributed by atoms with Crippen LogP contribution in [0.25, 0.3) is 0 Å². The molecule has 0 aromatic heterocycles. The highest BCUT2D eigenvalue weighted by Crippen LogP contribution is 2.35. The Morgan fingerprint density at radius 3 is 2.53 bits per heavy atom. The molecule has 0 aromatic rings. The number of halogens is 3. The van der Waals surface area contributed by atoms with E-state index in [0.29, 0.717) is 5.92 Å². The van der Waals surface area contributed by atoms with E-state index in [1.54, 1.807) is 0 Å². The number of hydrogen-bond donors (Lipinski definition) is 1. The van der Waals surface area contributed by atoms with Crippen molar-refractivity contribution < 1.29 is 13.2 Å². The van der Waals surface area contributed by atoms with E-state index >= 15 is 0 Å². The molecule has 1 saturated carbocycles. The van der Waals surface area contributed by atoms with Gasteiger partial charge >= 0.3 is 6.18 Å². The van der Waals surface area contributed by atoms with Crippen molar-refractivity contribution in [2.75, 3.05) is 0 Å². The van der Waals surface area contributed by atoms with E-state index in [0.717, 1.165) is 32.1 Å². The fourth-order valence-corrected chi connectivity index (χ4v) is 2.53. The van der Waals surface area contributed by atoms with Crippen LogP contribution in [-0.2, 0) is 0 Å². The molecule has 3 unspecified atom stereocenters. The standard InChI is InChI=1S/C11H20F3N/c1-2-8-4-3-5-9(6-8)10(15)7-11(12,13)14/h8-10H,2-7,15H2,1H3. The molecular formula is C11H20F3N. The molecule has 3 atom stereocenters. The van der Waals surface area contributed by atoms with Crippen LogP contribution >= 0.6 is 0 Å². The molecule has 4 heteroatoms. The lowest BCUT2D eigenvalue weighted by atomic mass is 9.76. The van der Waals surface area contributed by atoms with Gasteiger partial charge in [0.2, 0.25) is 0 Å². The Balaban J connectivity index is 2.41. The minimum absolute atomic E-state index is 0.0744. The Morgan fingerprint density at radius 2 is 2.00 bits per heavy atom. The van der Waals surface area contributed by atoms with Gasteiger partial charge in [-0.05, 0) is 24.7 Å². The average Bonchev–Trinajstić information content (AvgIpc) is 2.15. The first kappa shape index (κ1) is 12.8. The quantitative estimate of drug-likeness (QED) is 0.778. The van der Waals surface area contributed by atoms with E-state index in [-0.39, 0.29) is 5.92 Å². The van der Waals surface area contributed by atoms with E-state index in [4.69, 9.17) is 5.73 Å². The van der Waals surface area contributed by atoms with Crippen molar-refractivity contribution in [2.45, 2.75) is 57.7 Å². The molecular weight excluding hydrogens is 203 g/mol. The first-order chi connectivity index (χ1) is 6.92. The van der Waals surface area contributed by atoms with Gasteiger partial charge in [-0.1, -0.05) is 26.2 Å². The maximum absolute atomic E-state index is 12.2. The van der Waals surface area contributed by atoms with Crippen molar-refractivity contribution >= 4 is 0 Å². The molecule has 0 saturated heterocycles. The van der Waals surface area contributed by atoms with Gasteiger partial charge in [-0.25, -0.2) is 0 Å². The highest BCUT2D eigenvalue weighted by molar-refractivity contribution is 4.81. The molecule has 2 N–H and O–H groups in total. The molecule has 1 aliphatic rings. The molecule has 0 spiro atoms. The summed E-state index contributed by atoms with van der Waals surface area (Å²) in [6, 6.07) is -0.695. The van der Waals surface area contributed by atoms with Gasteiger partial charge < -0.3 is 5.73 Å². The molecule has 0 heterocycles. The molecule has 1 rings (SSSR count). The second-order valence-electron chi connectivity index (χ2n) is 4.68. The Labute approximate surface area is 89.2 Å². The predicted molar refractivity (Wildman–Crippen MR) is 54.4 cm³/mol. The smallest absolute Gasteiger partial charge is 0.327 e. The van der Waals surface area contributed by atoms with Crippen molar-refractivity contribution in [3.8, 4) is 0 Å². The van der Waals surface area contributed by atoms with Crippen LogP contribution in [0.15, 0.2) is 0 Å². The zero-order chi connectivity index (χ0) is 11.5. The van der Waals surface area contributed by atoms with E-state index in [2.05, 4.69) is 6.92 Å². The molecule has 1 fully saturated rings. The molecule has 0 radical (unpaired) electrons. The lowest BCUT2D eigenvalue weighted by Crippen LogP contribution is -2.37. The van der Waals surface area contributed by atoms with Crippen LogP contribution in [0, 0.1) is 11.8 Å². The first-order valence-electron chi connectivity index (χ1n) is 5.74. The summed E-state index contributed by atoms with van der Waals surface area (Å²) in [5.41, 5.74) is 5.63. The maximum Gasteiger partial charge on any atom is 0.390 e. The zero-order valence-corrected chi connectivity index (χ0v) is 9.19. The Hall–Kier alpha value is -0.250. The van der Waals surface area contributed by atoms with Crippen LogP contribution in [-0.4, -0.2) is 12.2 Å². The lowest BCUT2D eigenvalue weighted by Gasteiger charge is -2.32. The summed E-state index contributed by atoms with van der Waals surface area (Å²) < 4.78 is 36.5. The summed E-state index contributed by atoms with van der Waals surface area (Å²) in [4.78, 5) is 0. The van der Waals surface area contributed by atoms with E-state index in [1.807, 2.05) is 0 Å². The van der Waals surface area contributed by atoms with E-state index < -0.39 is 18.6 Å². The maximum atomic E-state index is 12.2. The molecule has 0 aliphatic heterocycles. The Bertz CT molecular complexity index is 191. The largest absolute Gasteiger partial charge is 0.390 e. The summed E-state index contributed by atoms with van der Waals surface area (Å²) in [5, 5.41) is 0. The summed E-state index contributed by atoms with van der Waals surface area (Å²) in [6.07, 6.45) is 0.0733. The van der Waals surface area contributed by atoms with Gasteiger partial charge in [-0.15, -0.1) is 0 Å². The van der Waals surface area contributed by atoms with Crippen LogP contribution in [0.1, 0.15) is 45.4 Å². The van der Waals surface area contributed by atoms with Crippen molar-refractivity contribution in [1.29, 1.82) is 0 Å². The van der Waals surface area contributed by atoms with Crippen molar-refractivity contribution in [1.82, 2.24) is 0 Å². The van der Waals surface area contributed by atoms with Crippen LogP contribution in [0.3, 0.4) is 0 Å². The summed E-state index contributed by atoms with van der Waals surface area (Å²) in [6.45, 7) is 2.10. The molecule has 1 nitrogen and oxygen atoms in total. The highest BCUT2D eigenvalue weighted by atomic mass is 19.4. The normalized spacial score (nSPS) is 30.2. The van der Waals surface area contributed by atoms with E-state index in [1.165, 1.54) is 0 Å². The minimum Gasteiger partial charge on any atom is -0.327 e. The fraction of sp³-hybridized carbons (Fsp3) is 1.00. The number of hydrogen-bond acceptors (Lipinski definition) is 1. The third-order valence-corrected chi connectivity index (χ3v) is 3.47. The summed E-state index contributed by atoms with van der Waals surface area (Å²) in [5.74, 6) is 0.661. The molecule has 1 aliphatic carbocycles. The molecule has 15 heavy (non-hydrogen) atoms. The van der Waals surface area contributed by atoms with Gasteiger partial charge in [0.25, 0.3) is 0 Å².